The first-order chi connectivity index (χ1) is 8.88. The summed E-state index contributed by atoms with van der Waals surface area (Å²) in [6.45, 7) is 9.67. The van der Waals surface area contributed by atoms with Crippen LogP contribution in [0.3, 0.4) is 0 Å². The fourth-order valence-electron chi connectivity index (χ4n) is 1.93. The number of nitrogens with zero attached hydrogens (tertiary/aromatic N) is 2. The summed E-state index contributed by atoms with van der Waals surface area (Å²) in [5.41, 5.74) is 7.05. The molecule has 2 N–H and O–H groups in total. The second-order valence-electron chi connectivity index (χ2n) is 5.60. The van der Waals surface area contributed by atoms with Crippen LogP contribution in [0.1, 0.15) is 26.3 Å². The second-order valence-corrected chi connectivity index (χ2v) is 5.60. The minimum Gasteiger partial charge on any atom is -0.330 e. The predicted molar refractivity (Wildman–Crippen MR) is 76.9 cm³/mol. The van der Waals surface area contributed by atoms with E-state index in [1.54, 1.807) is 12.1 Å². The maximum Gasteiger partial charge on any atom is 0.269 e. The van der Waals surface area contributed by atoms with Crippen molar-refractivity contribution in [3.05, 3.63) is 39.9 Å². The van der Waals surface area contributed by atoms with Gasteiger partial charge in [0.1, 0.15) is 0 Å². The number of hydrogen-bond donors (Lipinski definition) is 1. The Morgan fingerprint density at radius 3 is 2.32 bits per heavy atom. The average Bonchev–Trinajstić information content (AvgIpc) is 2.38. The van der Waals surface area contributed by atoms with Gasteiger partial charge in [-0.3, -0.25) is 15.0 Å². The molecule has 0 aliphatic carbocycles. The first-order valence-electron chi connectivity index (χ1n) is 6.53. The Bertz CT molecular complexity index is 415. The van der Waals surface area contributed by atoms with E-state index < -0.39 is 0 Å². The standard InChI is InChI=1S/C14H23N3O2/c1-4-16(11-14(2,3)10-15)9-12-5-7-13(8-6-12)17(18)19/h5-8H,4,9-11,15H2,1-3H3. The van der Waals surface area contributed by atoms with Crippen molar-refractivity contribution in [3.8, 4) is 0 Å². The van der Waals surface area contributed by atoms with Crippen molar-refractivity contribution < 1.29 is 4.92 Å². The summed E-state index contributed by atoms with van der Waals surface area (Å²) in [5, 5.41) is 10.6. The van der Waals surface area contributed by atoms with Gasteiger partial charge in [-0.25, -0.2) is 0 Å². The second kappa shape index (κ2) is 6.63. The summed E-state index contributed by atoms with van der Waals surface area (Å²) in [7, 11) is 0. The number of hydrogen-bond acceptors (Lipinski definition) is 4. The van der Waals surface area contributed by atoms with Crippen LogP contribution in [0.5, 0.6) is 0 Å². The molecule has 0 bridgehead atoms. The van der Waals surface area contributed by atoms with E-state index in [0.717, 1.165) is 25.2 Å². The summed E-state index contributed by atoms with van der Waals surface area (Å²) in [5.74, 6) is 0. The molecule has 1 aromatic rings. The number of nitro benzene ring substituents is 1. The zero-order chi connectivity index (χ0) is 14.5. The third kappa shape index (κ3) is 4.96. The molecule has 0 atom stereocenters. The van der Waals surface area contributed by atoms with Crippen LogP contribution in [0.15, 0.2) is 24.3 Å². The zero-order valence-electron chi connectivity index (χ0n) is 11.9. The summed E-state index contributed by atoms with van der Waals surface area (Å²) in [4.78, 5) is 12.5. The lowest BCUT2D eigenvalue weighted by Gasteiger charge is -2.31. The molecule has 0 radical (unpaired) electrons. The molecule has 0 amide bonds. The highest BCUT2D eigenvalue weighted by atomic mass is 16.6. The minimum atomic E-state index is -0.376. The molecule has 0 fully saturated rings. The van der Waals surface area contributed by atoms with Gasteiger partial charge < -0.3 is 5.73 Å². The third-order valence-electron chi connectivity index (χ3n) is 3.20. The smallest absolute Gasteiger partial charge is 0.269 e. The van der Waals surface area contributed by atoms with Crippen LogP contribution in [-0.2, 0) is 6.54 Å². The number of nitro groups is 1. The molecule has 0 saturated heterocycles. The van der Waals surface area contributed by atoms with E-state index in [1.807, 2.05) is 12.1 Å². The van der Waals surface area contributed by atoms with E-state index in [9.17, 15) is 10.1 Å². The molecule has 0 spiro atoms. The van der Waals surface area contributed by atoms with Gasteiger partial charge in [-0.15, -0.1) is 0 Å². The molecule has 0 unspecified atom stereocenters. The van der Waals surface area contributed by atoms with Gasteiger partial charge in [-0.2, -0.15) is 0 Å². The highest BCUT2D eigenvalue weighted by Crippen LogP contribution is 2.18. The topological polar surface area (TPSA) is 72.4 Å². The van der Waals surface area contributed by atoms with Crippen molar-refractivity contribution in [2.45, 2.75) is 27.3 Å². The first-order valence-corrected chi connectivity index (χ1v) is 6.53. The van der Waals surface area contributed by atoms with E-state index in [-0.39, 0.29) is 16.0 Å². The molecule has 1 aromatic carbocycles. The summed E-state index contributed by atoms with van der Waals surface area (Å²) in [6.07, 6.45) is 0. The minimum absolute atomic E-state index is 0.0801. The fraction of sp³-hybridized carbons (Fsp3) is 0.571. The van der Waals surface area contributed by atoms with Crippen LogP contribution >= 0.6 is 0 Å². The van der Waals surface area contributed by atoms with Crippen molar-refractivity contribution in [2.75, 3.05) is 19.6 Å². The van der Waals surface area contributed by atoms with Crippen LogP contribution in [0.2, 0.25) is 0 Å². The van der Waals surface area contributed by atoms with Gasteiger partial charge >= 0.3 is 0 Å². The van der Waals surface area contributed by atoms with Crippen molar-refractivity contribution in [1.29, 1.82) is 0 Å². The van der Waals surface area contributed by atoms with Gasteiger partial charge in [0.15, 0.2) is 0 Å². The Kier molecular flexibility index (Phi) is 5.44. The Hall–Kier alpha value is -1.46. The maximum atomic E-state index is 10.6. The molecule has 0 aliphatic rings. The van der Waals surface area contributed by atoms with Gasteiger partial charge in [0.25, 0.3) is 5.69 Å². The molecule has 5 heteroatoms. The zero-order valence-corrected chi connectivity index (χ0v) is 11.9. The quantitative estimate of drug-likeness (QED) is 0.607. The van der Waals surface area contributed by atoms with Gasteiger partial charge in [-0.05, 0) is 24.1 Å². The summed E-state index contributed by atoms with van der Waals surface area (Å²) < 4.78 is 0. The van der Waals surface area contributed by atoms with Crippen molar-refractivity contribution >= 4 is 5.69 Å². The van der Waals surface area contributed by atoms with E-state index in [0.29, 0.717) is 6.54 Å². The predicted octanol–water partition coefficient (Wildman–Crippen LogP) is 2.40. The van der Waals surface area contributed by atoms with E-state index in [1.165, 1.54) is 0 Å². The molecule has 19 heavy (non-hydrogen) atoms. The van der Waals surface area contributed by atoms with Crippen LogP contribution in [-0.4, -0.2) is 29.5 Å². The van der Waals surface area contributed by atoms with Crippen molar-refractivity contribution in [2.24, 2.45) is 11.1 Å². The molecule has 0 aliphatic heterocycles. The normalized spacial score (nSPS) is 11.8. The summed E-state index contributed by atoms with van der Waals surface area (Å²) >= 11 is 0. The van der Waals surface area contributed by atoms with Gasteiger partial charge in [0.05, 0.1) is 4.92 Å². The lowest BCUT2D eigenvalue weighted by molar-refractivity contribution is -0.384. The van der Waals surface area contributed by atoms with Crippen LogP contribution in [0.25, 0.3) is 0 Å². The first kappa shape index (κ1) is 15.6. The Labute approximate surface area is 114 Å². The number of rotatable bonds is 7. The maximum absolute atomic E-state index is 10.6. The Morgan fingerprint density at radius 2 is 1.89 bits per heavy atom. The molecule has 0 heterocycles. The molecular formula is C14H23N3O2. The Balaban J connectivity index is 2.68. The lowest BCUT2D eigenvalue weighted by Crippen LogP contribution is -2.38. The Morgan fingerprint density at radius 1 is 1.32 bits per heavy atom. The van der Waals surface area contributed by atoms with Gasteiger partial charge in [0, 0.05) is 25.2 Å². The lowest BCUT2D eigenvalue weighted by atomic mass is 9.93. The van der Waals surface area contributed by atoms with Crippen molar-refractivity contribution in [1.82, 2.24) is 4.90 Å². The number of benzene rings is 1. The van der Waals surface area contributed by atoms with Gasteiger partial charge in [0.2, 0.25) is 0 Å². The van der Waals surface area contributed by atoms with Crippen molar-refractivity contribution in [3.63, 3.8) is 0 Å². The average molecular weight is 265 g/mol. The van der Waals surface area contributed by atoms with Crippen LogP contribution in [0.4, 0.5) is 5.69 Å². The monoisotopic (exact) mass is 265 g/mol. The van der Waals surface area contributed by atoms with Crippen LogP contribution in [0, 0.1) is 15.5 Å². The van der Waals surface area contributed by atoms with Crippen LogP contribution < -0.4 is 5.73 Å². The SMILES string of the molecule is CCN(Cc1ccc([N+](=O)[O-])cc1)CC(C)(C)CN. The number of nitrogens with two attached hydrogens (primary N) is 1. The largest absolute Gasteiger partial charge is 0.330 e. The highest BCUT2D eigenvalue weighted by Gasteiger charge is 2.19. The molecule has 0 saturated carbocycles. The molecular weight excluding hydrogens is 242 g/mol. The van der Waals surface area contributed by atoms with E-state index >= 15 is 0 Å². The van der Waals surface area contributed by atoms with E-state index in [2.05, 4.69) is 25.7 Å². The molecule has 106 valence electrons. The molecule has 5 nitrogen and oxygen atoms in total. The van der Waals surface area contributed by atoms with E-state index in [4.69, 9.17) is 5.73 Å². The fourth-order valence-corrected chi connectivity index (χ4v) is 1.93. The molecule has 0 aromatic heterocycles. The van der Waals surface area contributed by atoms with Gasteiger partial charge in [-0.1, -0.05) is 32.9 Å². The molecule has 1 rings (SSSR count). The third-order valence-corrected chi connectivity index (χ3v) is 3.20. The highest BCUT2D eigenvalue weighted by molar-refractivity contribution is 5.32. The number of non-ortho nitro benzene ring substituents is 1. The summed E-state index contributed by atoms with van der Waals surface area (Å²) in [6, 6.07) is 6.74.